The van der Waals surface area contributed by atoms with Crippen LogP contribution in [0.5, 0.6) is 0 Å². The molecule has 0 unspecified atom stereocenters. The van der Waals surface area contributed by atoms with Crippen molar-refractivity contribution in [2.45, 2.75) is 6.92 Å². The van der Waals surface area contributed by atoms with Crippen LogP contribution in [0.1, 0.15) is 17.3 Å². The van der Waals surface area contributed by atoms with Gasteiger partial charge in [0.15, 0.2) is 0 Å². The lowest BCUT2D eigenvalue weighted by Gasteiger charge is -2.23. The summed E-state index contributed by atoms with van der Waals surface area (Å²) < 4.78 is 4.75. The number of benzene rings is 1. The van der Waals surface area contributed by atoms with Gasteiger partial charge in [0.1, 0.15) is 5.69 Å². The summed E-state index contributed by atoms with van der Waals surface area (Å²) in [6.45, 7) is 1.85. The Morgan fingerprint density at radius 2 is 1.75 bits per heavy atom. The minimum Gasteiger partial charge on any atom is -0.462 e. The second-order valence-corrected chi connectivity index (χ2v) is 5.18. The van der Waals surface area contributed by atoms with Gasteiger partial charge in [0.2, 0.25) is 5.56 Å². The summed E-state index contributed by atoms with van der Waals surface area (Å²) in [7, 11) is 0. The number of nitrogens with zero attached hydrogens (tertiary/aromatic N) is 3. The fourth-order valence-electron chi connectivity index (χ4n) is 2.12. The van der Waals surface area contributed by atoms with Crippen molar-refractivity contribution >= 4 is 46.2 Å². The number of nitro benzene ring substituents is 2. The van der Waals surface area contributed by atoms with E-state index in [2.05, 4.69) is 0 Å². The first kappa shape index (κ1) is 19.9. The third-order valence-corrected chi connectivity index (χ3v) is 3.38. The molecule has 11 heteroatoms. The fourth-order valence-corrected chi connectivity index (χ4v) is 2.53. The third-order valence-electron chi connectivity index (χ3n) is 3.04. The van der Waals surface area contributed by atoms with Gasteiger partial charge in [-0.15, -0.1) is 23.2 Å². The highest BCUT2D eigenvalue weighted by Gasteiger charge is 2.36. The lowest BCUT2D eigenvalue weighted by molar-refractivity contribution is -0.394. The summed E-state index contributed by atoms with van der Waals surface area (Å²) in [5, 5.41) is 22.7. The number of anilines is 1. The van der Waals surface area contributed by atoms with Crippen LogP contribution < -0.4 is 4.90 Å². The highest BCUT2D eigenvalue weighted by atomic mass is 35.5. The second-order valence-electron chi connectivity index (χ2n) is 4.43. The lowest BCUT2D eigenvalue weighted by Crippen LogP contribution is -2.29. The predicted molar refractivity (Wildman–Crippen MR) is 89.4 cm³/mol. The van der Waals surface area contributed by atoms with Gasteiger partial charge in [-0.1, -0.05) is 0 Å². The van der Waals surface area contributed by atoms with E-state index in [-0.39, 0.29) is 37.1 Å². The van der Waals surface area contributed by atoms with Gasteiger partial charge >= 0.3 is 11.7 Å². The van der Waals surface area contributed by atoms with Gasteiger partial charge in [0.05, 0.1) is 16.5 Å². The fraction of sp³-hybridized carbons (Fsp3) is 0.462. The van der Waals surface area contributed by atoms with Gasteiger partial charge in [-0.2, -0.15) is 0 Å². The van der Waals surface area contributed by atoms with Crippen LogP contribution in [0.4, 0.5) is 17.1 Å². The van der Waals surface area contributed by atoms with Crippen LogP contribution >= 0.6 is 23.2 Å². The Hall–Kier alpha value is -2.13. The van der Waals surface area contributed by atoms with Gasteiger partial charge in [-0.05, 0) is 13.0 Å². The maximum atomic E-state index is 12.1. The van der Waals surface area contributed by atoms with E-state index in [1.54, 1.807) is 0 Å². The first-order valence-corrected chi connectivity index (χ1v) is 7.95. The van der Waals surface area contributed by atoms with E-state index in [9.17, 15) is 25.0 Å². The molecule has 0 radical (unpaired) electrons. The number of ether oxygens (including phenoxy) is 1. The quantitative estimate of drug-likeness (QED) is 0.280. The third kappa shape index (κ3) is 4.45. The van der Waals surface area contributed by atoms with E-state index in [1.165, 1.54) is 17.9 Å². The number of alkyl halides is 2. The van der Waals surface area contributed by atoms with Crippen molar-refractivity contribution in [2.24, 2.45) is 0 Å². The molecule has 1 rings (SSSR count). The Bertz CT molecular complexity index is 634. The van der Waals surface area contributed by atoms with Gasteiger partial charge < -0.3 is 9.64 Å². The van der Waals surface area contributed by atoms with E-state index < -0.39 is 32.8 Å². The average molecular weight is 380 g/mol. The maximum absolute atomic E-state index is 12.1. The monoisotopic (exact) mass is 379 g/mol. The molecule has 0 aliphatic heterocycles. The number of halogens is 2. The van der Waals surface area contributed by atoms with Crippen LogP contribution in [0.2, 0.25) is 0 Å². The van der Waals surface area contributed by atoms with Crippen LogP contribution in [0, 0.1) is 20.2 Å². The number of esters is 1. The highest BCUT2D eigenvalue weighted by Crippen LogP contribution is 2.38. The molecule has 0 atom stereocenters. The molecule has 0 aromatic heterocycles. The van der Waals surface area contributed by atoms with Crippen molar-refractivity contribution in [3.05, 3.63) is 37.9 Å². The van der Waals surface area contributed by atoms with E-state index in [1.807, 2.05) is 0 Å². The molecule has 24 heavy (non-hydrogen) atoms. The van der Waals surface area contributed by atoms with E-state index in [0.29, 0.717) is 0 Å². The lowest BCUT2D eigenvalue weighted by atomic mass is 10.1. The van der Waals surface area contributed by atoms with Crippen LogP contribution in [-0.4, -0.2) is 47.3 Å². The zero-order valence-electron chi connectivity index (χ0n) is 12.7. The molecular weight excluding hydrogens is 365 g/mol. The molecule has 0 aliphatic carbocycles. The molecule has 1 aromatic carbocycles. The molecule has 0 fully saturated rings. The summed E-state index contributed by atoms with van der Waals surface area (Å²) in [5.41, 5.74) is -2.06. The molecule has 0 saturated heterocycles. The van der Waals surface area contributed by atoms with Gasteiger partial charge in [0.25, 0.3) is 5.69 Å². The maximum Gasteiger partial charge on any atom is 0.352 e. The topological polar surface area (TPSA) is 116 Å². The van der Waals surface area contributed by atoms with Gasteiger partial charge in [0, 0.05) is 30.9 Å². The Balaban J connectivity index is 3.67. The zero-order valence-corrected chi connectivity index (χ0v) is 14.2. The number of carbonyl (C=O) groups excluding carboxylic acids is 1. The van der Waals surface area contributed by atoms with E-state index >= 15 is 0 Å². The highest BCUT2D eigenvalue weighted by molar-refractivity contribution is 6.18. The summed E-state index contributed by atoms with van der Waals surface area (Å²) in [5.74, 6) is -0.825. The van der Waals surface area contributed by atoms with Crippen molar-refractivity contribution in [1.82, 2.24) is 0 Å². The Labute approximate surface area is 147 Å². The van der Waals surface area contributed by atoms with Crippen LogP contribution in [0.15, 0.2) is 12.1 Å². The smallest absolute Gasteiger partial charge is 0.352 e. The first-order valence-electron chi connectivity index (χ1n) is 6.88. The molecule has 1 aromatic rings. The van der Waals surface area contributed by atoms with Crippen molar-refractivity contribution < 1.29 is 19.4 Å². The minimum absolute atomic E-state index is 0.0231. The molecular formula is C13H15Cl2N3O6. The molecule has 0 amide bonds. The van der Waals surface area contributed by atoms with Crippen molar-refractivity contribution in [3.8, 4) is 0 Å². The molecule has 132 valence electrons. The summed E-state index contributed by atoms with van der Waals surface area (Å²) in [4.78, 5) is 34.5. The molecule has 0 spiro atoms. The number of nitro groups is 2. The first-order chi connectivity index (χ1) is 11.4. The Morgan fingerprint density at radius 3 is 2.17 bits per heavy atom. The number of carbonyl (C=O) groups is 1. The summed E-state index contributed by atoms with van der Waals surface area (Å²) >= 11 is 11.4. The Kier molecular flexibility index (Phi) is 7.66. The summed E-state index contributed by atoms with van der Waals surface area (Å²) in [6, 6.07) is 2.24. The largest absolute Gasteiger partial charge is 0.462 e. The zero-order chi connectivity index (χ0) is 18.3. The molecule has 9 nitrogen and oxygen atoms in total. The van der Waals surface area contributed by atoms with Crippen LogP contribution in [-0.2, 0) is 4.74 Å². The van der Waals surface area contributed by atoms with Crippen LogP contribution in [0.3, 0.4) is 0 Å². The summed E-state index contributed by atoms with van der Waals surface area (Å²) in [6.07, 6.45) is 0. The minimum atomic E-state index is -1.13. The molecule has 0 saturated carbocycles. The van der Waals surface area contributed by atoms with Crippen LogP contribution in [0.25, 0.3) is 0 Å². The average Bonchev–Trinajstić information content (AvgIpc) is 2.53. The van der Waals surface area contributed by atoms with Gasteiger partial charge in [-0.25, -0.2) is 4.79 Å². The Morgan fingerprint density at radius 1 is 1.17 bits per heavy atom. The molecule has 0 heterocycles. The number of hydrogen-bond acceptors (Lipinski definition) is 7. The molecule has 0 aliphatic rings. The van der Waals surface area contributed by atoms with Crippen molar-refractivity contribution in [1.29, 1.82) is 0 Å². The van der Waals surface area contributed by atoms with Crippen molar-refractivity contribution in [2.75, 3.05) is 36.4 Å². The SMILES string of the molecule is CCOC(=O)c1c([N+](=O)[O-])ccc(N(CCCl)CCCl)c1[N+](=O)[O-]. The normalized spacial score (nSPS) is 10.3. The number of rotatable bonds is 9. The predicted octanol–water partition coefficient (Wildman–Crippen LogP) is 2.96. The van der Waals surface area contributed by atoms with E-state index in [0.717, 1.165) is 6.07 Å². The molecule has 0 bridgehead atoms. The second kappa shape index (κ2) is 9.24. The standard InChI is InChI=1S/C13H15Cl2N3O6/c1-2-24-13(19)11-9(17(20)21)3-4-10(12(11)18(22)23)16(7-5-14)8-6-15/h3-4H,2,5-8H2,1H3. The molecule has 0 N–H and O–H groups in total. The number of hydrogen-bond donors (Lipinski definition) is 0. The van der Waals surface area contributed by atoms with E-state index in [4.69, 9.17) is 27.9 Å². The van der Waals surface area contributed by atoms with Crippen molar-refractivity contribution in [3.63, 3.8) is 0 Å². The van der Waals surface area contributed by atoms with Gasteiger partial charge in [-0.3, -0.25) is 20.2 Å².